The van der Waals surface area contributed by atoms with E-state index in [0.29, 0.717) is 6.54 Å². The van der Waals surface area contributed by atoms with Gasteiger partial charge in [0.1, 0.15) is 5.01 Å². The molecule has 1 amide bonds. The highest BCUT2D eigenvalue weighted by molar-refractivity contribution is 7.18. The van der Waals surface area contributed by atoms with Gasteiger partial charge < -0.3 is 4.90 Å². The highest BCUT2D eigenvalue weighted by atomic mass is 32.1. The lowest BCUT2D eigenvalue weighted by atomic mass is 10.1. The van der Waals surface area contributed by atoms with E-state index in [1.807, 2.05) is 24.3 Å². The van der Waals surface area contributed by atoms with Crippen molar-refractivity contribution in [3.63, 3.8) is 0 Å². The van der Waals surface area contributed by atoms with Gasteiger partial charge in [0.25, 0.3) is 5.91 Å². The van der Waals surface area contributed by atoms with E-state index in [4.69, 9.17) is 0 Å². The van der Waals surface area contributed by atoms with Gasteiger partial charge in [-0.25, -0.2) is 4.98 Å². The summed E-state index contributed by atoms with van der Waals surface area (Å²) >= 11 is 1.53. The minimum Gasteiger partial charge on any atom is -0.329 e. The van der Waals surface area contributed by atoms with Crippen LogP contribution in [0.4, 0.5) is 13.2 Å². The van der Waals surface area contributed by atoms with E-state index in [2.05, 4.69) is 4.98 Å². The van der Waals surface area contributed by atoms with E-state index in [1.54, 1.807) is 4.90 Å². The van der Waals surface area contributed by atoms with Crippen molar-refractivity contribution in [2.45, 2.75) is 25.1 Å². The fourth-order valence-electron chi connectivity index (χ4n) is 3.29. The van der Waals surface area contributed by atoms with Crippen molar-refractivity contribution >= 4 is 27.5 Å². The van der Waals surface area contributed by atoms with Crippen LogP contribution >= 0.6 is 11.3 Å². The van der Waals surface area contributed by atoms with E-state index in [1.165, 1.54) is 23.5 Å². The molecule has 1 aliphatic rings. The van der Waals surface area contributed by atoms with Gasteiger partial charge in [0.15, 0.2) is 0 Å². The summed E-state index contributed by atoms with van der Waals surface area (Å²) in [5.74, 6) is -0.377. The zero-order valence-electron chi connectivity index (χ0n) is 13.7. The fourth-order valence-corrected chi connectivity index (χ4v) is 4.41. The van der Waals surface area contributed by atoms with Crippen LogP contribution in [0.15, 0.2) is 48.5 Å². The molecule has 1 aromatic heterocycles. The maximum absolute atomic E-state index is 12.9. The number of benzene rings is 2. The van der Waals surface area contributed by atoms with Crippen molar-refractivity contribution in [3.8, 4) is 0 Å². The SMILES string of the molecule is O=C(c1cccc(C(F)(F)F)c1)N1CCCC1c1nc2ccccc2s1. The predicted molar refractivity (Wildman–Crippen MR) is 94.1 cm³/mol. The number of likely N-dealkylation sites (tertiary alicyclic amines) is 1. The average molecular weight is 376 g/mol. The third-order valence-electron chi connectivity index (χ3n) is 4.55. The fraction of sp³-hybridized carbons (Fsp3) is 0.263. The number of hydrogen-bond donors (Lipinski definition) is 0. The number of fused-ring (bicyclic) bond motifs is 1. The molecular formula is C19H15F3N2OS. The van der Waals surface area contributed by atoms with Crippen molar-refractivity contribution in [1.29, 1.82) is 0 Å². The highest BCUT2D eigenvalue weighted by Gasteiger charge is 2.35. The summed E-state index contributed by atoms with van der Waals surface area (Å²) in [6.07, 6.45) is -2.89. The van der Waals surface area contributed by atoms with Gasteiger partial charge >= 0.3 is 6.18 Å². The summed E-state index contributed by atoms with van der Waals surface area (Å²) in [7, 11) is 0. The van der Waals surface area contributed by atoms with Crippen LogP contribution in [0.1, 0.15) is 39.8 Å². The van der Waals surface area contributed by atoms with E-state index in [0.717, 1.165) is 40.2 Å². The van der Waals surface area contributed by atoms with Crippen LogP contribution in [0.2, 0.25) is 0 Å². The quantitative estimate of drug-likeness (QED) is 0.609. The Balaban J connectivity index is 1.65. The molecule has 1 aliphatic heterocycles. The van der Waals surface area contributed by atoms with Crippen LogP contribution < -0.4 is 0 Å². The maximum Gasteiger partial charge on any atom is 0.416 e. The van der Waals surface area contributed by atoms with E-state index >= 15 is 0 Å². The number of alkyl halides is 3. The normalized spacial score (nSPS) is 17.8. The predicted octanol–water partition coefficient (Wildman–Crippen LogP) is 5.29. The molecule has 3 aromatic rings. The van der Waals surface area contributed by atoms with Crippen LogP contribution in [0, 0.1) is 0 Å². The molecule has 0 radical (unpaired) electrons. The number of para-hydroxylation sites is 1. The molecule has 7 heteroatoms. The summed E-state index contributed by atoms with van der Waals surface area (Å²) in [5.41, 5.74) is 0.137. The second-order valence-corrected chi connectivity index (χ2v) is 7.32. The van der Waals surface area contributed by atoms with Crippen molar-refractivity contribution in [3.05, 3.63) is 64.7 Å². The number of rotatable bonds is 2. The standard InChI is InChI=1S/C19H15F3N2OS/c20-19(21,22)13-6-3-5-12(11-13)18(25)24-10-4-8-15(24)17-23-14-7-1-2-9-16(14)26-17/h1-3,5-7,9,11,15H,4,8,10H2. The molecule has 1 fully saturated rings. The van der Waals surface area contributed by atoms with Gasteiger partial charge in [0.05, 0.1) is 21.8 Å². The third kappa shape index (κ3) is 3.07. The molecule has 134 valence electrons. The lowest BCUT2D eigenvalue weighted by Crippen LogP contribution is -2.30. The number of halogens is 3. The first-order valence-corrected chi connectivity index (χ1v) is 9.09. The molecule has 1 unspecified atom stereocenters. The van der Waals surface area contributed by atoms with Gasteiger partial charge in [-0.05, 0) is 43.2 Å². The Morgan fingerprint density at radius 3 is 2.73 bits per heavy atom. The number of carbonyl (C=O) groups excluding carboxylic acids is 1. The molecule has 2 aromatic carbocycles. The molecule has 26 heavy (non-hydrogen) atoms. The minimum atomic E-state index is -4.46. The summed E-state index contributed by atoms with van der Waals surface area (Å²) in [5, 5.41) is 0.837. The van der Waals surface area contributed by atoms with Gasteiger partial charge in [-0.3, -0.25) is 4.79 Å². The zero-order valence-corrected chi connectivity index (χ0v) is 14.5. The third-order valence-corrected chi connectivity index (χ3v) is 5.68. The Kier molecular flexibility index (Phi) is 4.19. The van der Waals surface area contributed by atoms with E-state index in [9.17, 15) is 18.0 Å². The Morgan fingerprint density at radius 1 is 1.15 bits per heavy atom. The molecule has 4 rings (SSSR count). The molecule has 0 spiro atoms. The van der Waals surface area contributed by atoms with Gasteiger partial charge in [0.2, 0.25) is 0 Å². The summed E-state index contributed by atoms with van der Waals surface area (Å²) in [6.45, 7) is 0.523. The molecule has 0 aliphatic carbocycles. The second-order valence-electron chi connectivity index (χ2n) is 6.25. The zero-order chi connectivity index (χ0) is 18.3. The molecule has 3 nitrogen and oxygen atoms in total. The van der Waals surface area contributed by atoms with Crippen LogP contribution in [0.3, 0.4) is 0 Å². The Morgan fingerprint density at radius 2 is 1.96 bits per heavy atom. The van der Waals surface area contributed by atoms with Crippen LogP contribution in [0.25, 0.3) is 10.2 Å². The Hall–Kier alpha value is -2.41. The molecule has 2 heterocycles. The minimum absolute atomic E-state index is 0.0628. The lowest BCUT2D eigenvalue weighted by molar-refractivity contribution is -0.137. The van der Waals surface area contributed by atoms with Crippen LogP contribution in [0.5, 0.6) is 0 Å². The number of aromatic nitrogens is 1. The molecular weight excluding hydrogens is 361 g/mol. The smallest absolute Gasteiger partial charge is 0.329 e. The van der Waals surface area contributed by atoms with Gasteiger partial charge in [-0.2, -0.15) is 13.2 Å². The topological polar surface area (TPSA) is 33.2 Å². The molecule has 0 N–H and O–H groups in total. The monoisotopic (exact) mass is 376 g/mol. The summed E-state index contributed by atoms with van der Waals surface area (Å²) in [6, 6.07) is 12.2. The molecule has 0 bridgehead atoms. The largest absolute Gasteiger partial charge is 0.416 e. The van der Waals surface area contributed by atoms with Crippen molar-refractivity contribution in [1.82, 2.24) is 9.88 Å². The Bertz CT molecular complexity index is 934. The summed E-state index contributed by atoms with van der Waals surface area (Å²) < 4.78 is 39.8. The number of hydrogen-bond acceptors (Lipinski definition) is 3. The van der Waals surface area contributed by atoms with Crippen LogP contribution in [-0.4, -0.2) is 22.3 Å². The summed E-state index contributed by atoms with van der Waals surface area (Å²) in [4.78, 5) is 19.1. The number of nitrogens with zero attached hydrogens (tertiary/aromatic N) is 2. The Labute approximate surface area is 152 Å². The molecule has 1 atom stereocenters. The molecule has 1 saturated heterocycles. The van der Waals surface area contributed by atoms with Gasteiger partial charge in [-0.1, -0.05) is 18.2 Å². The highest BCUT2D eigenvalue weighted by Crippen LogP contribution is 2.37. The van der Waals surface area contributed by atoms with Gasteiger partial charge in [-0.15, -0.1) is 11.3 Å². The van der Waals surface area contributed by atoms with Gasteiger partial charge in [0, 0.05) is 12.1 Å². The van der Waals surface area contributed by atoms with E-state index in [-0.39, 0.29) is 17.5 Å². The number of thiazole rings is 1. The second kappa shape index (κ2) is 6.39. The number of amides is 1. The average Bonchev–Trinajstić information content (AvgIpc) is 3.26. The first kappa shape index (κ1) is 17.0. The lowest BCUT2D eigenvalue weighted by Gasteiger charge is -2.23. The van der Waals surface area contributed by atoms with Crippen molar-refractivity contribution in [2.24, 2.45) is 0 Å². The van der Waals surface area contributed by atoms with Crippen molar-refractivity contribution < 1.29 is 18.0 Å². The van der Waals surface area contributed by atoms with Crippen molar-refractivity contribution in [2.75, 3.05) is 6.54 Å². The first-order valence-electron chi connectivity index (χ1n) is 8.27. The van der Waals surface area contributed by atoms with Crippen LogP contribution in [-0.2, 0) is 6.18 Å². The maximum atomic E-state index is 12.9. The molecule has 0 saturated carbocycles. The first-order chi connectivity index (χ1) is 12.4. The number of carbonyl (C=O) groups is 1. The van der Waals surface area contributed by atoms with E-state index < -0.39 is 11.7 Å².